The predicted octanol–water partition coefficient (Wildman–Crippen LogP) is 3.37. The second-order valence-electron chi connectivity index (χ2n) is 6.74. The first-order valence-electron chi connectivity index (χ1n) is 8.40. The van der Waals surface area contributed by atoms with Gasteiger partial charge in [-0.3, -0.25) is 5.32 Å². The number of piperidine rings is 1. The number of morpholine rings is 1. The highest BCUT2D eigenvalue weighted by atomic mass is 32.1. The molecule has 0 spiro atoms. The number of amides is 1. The maximum Gasteiger partial charge on any atom is 0.411 e. The molecule has 2 bridgehead atoms. The van der Waals surface area contributed by atoms with Gasteiger partial charge >= 0.3 is 6.09 Å². The van der Waals surface area contributed by atoms with E-state index < -0.39 is 6.09 Å². The van der Waals surface area contributed by atoms with Gasteiger partial charge in [0.25, 0.3) is 0 Å². The average Bonchev–Trinajstić information content (AvgIpc) is 3.13. The number of halogens is 1. The molecule has 2 aromatic rings. The largest absolute Gasteiger partial charge is 0.446 e. The fourth-order valence-corrected chi connectivity index (χ4v) is 4.72. The topological polar surface area (TPSA) is 62.9 Å². The summed E-state index contributed by atoms with van der Waals surface area (Å²) in [5.41, 5.74) is 1.21. The summed E-state index contributed by atoms with van der Waals surface area (Å²) in [7, 11) is 0. The zero-order valence-corrected chi connectivity index (χ0v) is 14.1. The van der Waals surface area contributed by atoms with Crippen LogP contribution in [0, 0.1) is 5.82 Å². The minimum Gasteiger partial charge on any atom is -0.446 e. The first-order valence-corrected chi connectivity index (χ1v) is 9.28. The Bertz CT molecular complexity index is 797. The molecule has 3 aliphatic rings. The van der Waals surface area contributed by atoms with Crippen LogP contribution in [-0.2, 0) is 9.47 Å². The molecule has 3 aliphatic heterocycles. The van der Waals surface area contributed by atoms with E-state index in [9.17, 15) is 9.18 Å². The number of epoxide rings is 1. The number of hydrogen-bond donors (Lipinski definition) is 2. The zero-order valence-electron chi connectivity index (χ0n) is 13.3. The Hall–Kier alpha value is -1.96. The van der Waals surface area contributed by atoms with Gasteiger partial charge in [-0.25, -0.2) is 9.18 Å². The molecule has 0 saturated carbocycles. The van der Waals surface area contributed by atoms with E-state index in [-0.39, 0.29) is 24.0 Å². The molecule has 1 aromatic heterocycles. The Morgan fingerprint density at radius 1 is 1.28 bits per heavy atom. The molecule has 5 atom stereocenters. The van der Waals surface area contributed by atoms with Gasteiger partial charge in [0.1, 0.15) is 24.1 Å². The van der Waals surface area contributed by atoms with Gasteiger partial charge in [0.15, 0.2) is 0 Å². The molecular formula is C18H17FN2O3S. The predicted molar refractivity (Wildman–Crippen MR) is 92.2 cm³/mol. The average molecular weight is 360 g/mol. The van der Waals surface area contributed by atoms with E-state index in [1.165, 1.54) is 23.5 Å². The minimum atomic E-state index is -0.495. The molecule has 25 heavy (non-hydrogen) atoms. The Kier molecular flexibility index (Phi) is 3.55. The summed E-state index contributed by atoms with van der Waals surface area (Å²) in [6.45, 7) is 0. The Labute approximate surface area is 148 Å². The summed E-state index contributed by atoms with van der Waals surface area (Å²) in [6, 6.07) is 8.70. The maximum atomic E-state index is 13.6. The molecule has 3 saturated heterocycles. The molecule has 5 rings (SSSR count). The van der Waals surface area contributed by atoms with Gasteiger partial charge in [-0.2, -0.15) is 0 Å². The molecule has 5 nitrogen and oxygen atoms in total. The fraction of sp³-hybridized carbons (Fsp3) is 0.389. The SMILES string of the molecule is O=C(Nc1ccc(F)cc1-c1cccs1)O[C@H]1C[C@@H]2N[C@H](C1)[C@H]1O[C@H]12. The summed E-state index contributed by atoms with van der Waals surface area (Å²) in [5, 5.41) is 8.19. The van der Waals surface area contributed by atoms with Gasteiger partial charge in [-0.15, -0.1) is 11.3 Å². The van der Waals surface area contributed by atoms with Crippen LogP contribution in [0.25, 0.3) is 10.4 Å². The van der Waals surface area contributed by atoms with Crippen molar-refractivity contribution in [2.45, 2.75) is 43.2 Å². The van der Waals surface area contributed by atoms with Crippen LogP contribution in [0.15, 0.2) is 35.7 Å². The third-order valence-corrected chi connectivity index (χ3v) is 6.00. The molecule has 1 aromatic carbocycles. The lowest BCUT2D eigenvalue weighted by Gasteiger charge is -2.30. The number of anilines is 1. The highest BCUT2D eigenvalue weighted by Crippen LogP contribution is 2.42. The second-order valence-corrected chi connectivity index (χ2v) is 7.68. The molecule has 2 N–H and O–H groups in total. The van der Waals surface area contributed by atoms with Crippen LogP contribution < -0.4 is 10.6 Å². The van der Waals surface area contributed by atoms with E-state index in [1.807, 2.05) is 17.5 Å². The number of fused-ring (bicyclic) bond motifs is 5. The van der Waals surface area contributed by atoms with Gasteiger partial charge in [0.2, 0.25) is 0 Å². The van der Waals surface area contributed by atoms with E-state index in [2.05, 4.69) is 10.6 Å². The van der Waals surface area contributed by atoms with Crippen LogP contribution in [-0.4, -0.2) is 36.5 Å². The molecule has 130 valence electrons. The van der Waals surface area contributed by atoms with Crippen molar-refractivity contribution < 1.29 is 18.7 Å². The number of carbonyl (C=O) groups excluding carboxylic acids is 1. The number of rotatable bonds is 3. The molecule has 3 fully saturated rings. The van der Waals surface area contributed by atoms with E-state index in [4.69, 9.17) is 9.47 Å². The second kappa shape index (κ2) is 5.79. The van der Waals surface area contributed by atoms with E-state index in [1.54, 1.807) is 6.07 Å². The number of thiophene rings is 1. The number of carbonyl (C=O) groups is 1. The number of ether oxygens (including phenoxy) is 2. The van der Waals surface area contributed by atoms with E-state index >= 15 is 0 Å². The third kappa shape index (κ3) is 2.82. The Morgan fingerprint density at radius 3 is 2.80 bits per heavy atom. The molecule has 0 aliphatic carbocycles. The smallest absolute Gasteiger partial charge is 0.411 e. The fourth-order valence-electron chi connectivity index (χ4n) is 3.96. The van der Waals surface area contributed by atoms with Gasteiger partial charge in [0.05, 0.1) is 5.69 Å². The van der Waals surface area contributed by atoms with Crippen molar-refractivity contribution in [3.05, 3.63) is 41.5 Å². The molecule has 0 unspecified atom stereocenters. The lowest BCUT2D eigenvalue weighted by molar-refractivity contribution is 0.0554. The lowest BCUT2D eigenvalue weighted by Crippen LogP contribution is -2.47. The Balaban J connectivity index is 1.28. The van der Waals surface area contributed by atoms with Gasteiger partial charge < -0.3 is 14.8 Å². The van der Waals surface area contributed by atoms with Crippen LogP contribution in [0.5, 0.6) is 0 Å². The first kappa shape index (κ1) is 15.3. The number of nitrogens with one attached hydrogen (secondary N) is 2. The standard InChI is InChI=1S/C18H17FN2O3S/c19-9-3-4-12(11(6-9)15-2-1-5-25-15)21-18(22)23-10-7-13-16-17(24-16)14(8-10)20-13/h1-6,10,13-14,16-17,20H,7-8H2,(H,21,22)/t10-,13-,14+,16-,17+. The van der Waals surface area contributed by atoms with Crippen molar-refractivity contribution in [2.75, 3.05) is 5.32 Å². The van der Waals surface area contributed by atoms with Crippen molar-refractivity contribution in [3.8, 4) is 10.4 Å². The molecular weight excluding hydrogens is 343 g/mol. The van der Waals surface area contributed by atoms with Crippen molar-refractivity contribution in [3.63, 3.8) is 0 Å². The summed E-state index contributed by atoms with van der Waals surface area (Å²) >= 11 is 1.49. The van der Waals surface area contributed by atoms with Gasteiger partial charge in [-0.05, 0) is 29.6 Å². The Morgan fingerprint density at radius 2 is 2.08 bits per heavy atom. The summed E-state index contributed by atoms with van der Waals surface area (Å²) in [4.78, 5) is 13.2. The third-order valence-electron chi connectivity index (χ3n) is 5.10. The van der Waals surface area contributed by atoms with E-state index in [0.29, 0.717) is 23.5 Å². The van der Waals surface area contributed by atoms with Crippen molar-refractivity contribution >= 4 is 23.1 Å². The summed E-state index contributed by atoms with van der Waals surface area (Å²) in [6.07, 6.45) is 1.52. The van der Waals surface area contributed by atoms with Gasteiger partial charge in [-0.1, -0.05) is 6.07 Å². The molecule has 7 heteroatoms. The molecule has 1 amide bonds. The minimum absolute atomic E-state index is 0.113. The number of benzene rings is 1. The van der Waals surface area contributed by atoms with Crippen LogP contribution in [0.2, 0.25) is 0 Å². The van der Waals surface area contributed by atoms with Crippen LogP contribution >= 0.6 is 11.3 Å². The highest BCUT2D eigenvalue weighted by Gasteiger charge is 2.59. The first-order chi connectivity index (χ1) is 12.2. The highest BCUT2D eigenvalue weighted by molar-refractivity contribution is 7.13. The van der Waals surface area contributed by atoms with E-state index in [0.717, 1.165) is 17.7 Å². The monoisotopic (exact) mass is 360 g/mol. The molecule has 0 radical (unpaired) electrons. The van der Waals surface area contributed by atoms with Crippen LogP contribution in [0.3, 0.4) is 0 Å². The number of hydrogen-bond acceptors (Lipinski definition) is 5. The summed E-state index contributed by atoms with van der Waals surface area (Å²) in [5.74, 6) is -0.337. The molecule has 4 heterocycles. The summed E-state index contributed by atoms with van der Waals surface area (Å²) < 4.78 is 24.8. The zero-order chi connectivity index (χ0) is 17.0. The van der Waals surface area contributed by atoms with Crippen molar-refractivity contribution in [2.24, 2.45) is 0 Å². The van der Waals surface area contributed by atoms with Gasteiger partial charge in [0, 0.05) is 35.4 Å². The normalized spacial score (nSPS) is 32.1. The maximum absolute atomic E-state index is 13.6. The lowest BCUT2D eigenvalue weighted by atomic mass is 10.0. The van der Waals surface area contributed by atoms with Crippen molar-refractivity contribution in [1.29, 1.82) is 0 Å². The van der Waals surface area contributed by atoms with Crippen molar-refractivity contribution in [1.82, 2.24) is 5.32 Å². The van der Waals surface area contributed by atoms with Crippen LogP contribution in [0.1, 0.15) is 12.8 Å². The van der Waals surface area contributed by atoms with Crippen LogP contribution in [0.4, 0.5) is 14.9 Å². The quantitative estimate of drug-likeness (QED) is 0.824.